The van der Waals surface area contributed by atoms with Crippen molar-refractivity contribution in [2.45, 2.75) is 13.5 Å². The highest BCUT2D eigenvalue weighted by atomic mass is 16.5. The number of amides is 1. The first-order valence-corrected chi connectivity index (χ1v) is 7.05. The standard InChI is InChI=1S/C18H16N2O3/c1-14(21)16-9-10-17(20-12-16)8-5-11-19-18(22)23-13-15-6-3-2-4-7-15/h2-4,6-7,9-10,12H,11,13H2,1H3,(H,19,22). The van der Waals surface area contributed by atoms with Gasteiger partial charge in [0.15, 0.2) is 5.78 Å². The van der Waals surface area contributed by atoms with E-state index in [2.05, 4.69) is 22.1 Å². The van der Waals surface area contributed by atoms with Gasteiger partial charge in [-0.2, -0.15) is 0 Å². The molecule has 0 unspecified atom stereocenters. The smallest absolute Gasteiger partial charge is 0.408 e. The number of alkyl carbamates (subject to hydrolysis) is 1. The molecule has 23 heavy (non-hydrogen) atoms. The minimum absolute atomic E-state index is 0.0418. The van der Waals surface area contributed by atoms with Gasteiger partial charge in [0.25, 0.3) is 0 Å². The number of benzene rings is 1. The molecular weight excluding hydrogens is 292 g/mol. The van der Waals surface area contributed by atoms with Crippen LogP contribution in [0.1, 0.15) is 28.5 Å². The third-order valence-electron chi connectivity index (χ3n) is 2.92. The van der Waals surface area contributed by atoms with Gasteiger partial charge >= 0.3 is 6.09 Å². The van der Waals surface area contributed by atoms with Crippen LogP contribution in [0.3, 0.4) is 0 Å². The van der Waals surface area contributed by atoms with Gasteiger partial charge in [0.2, 0.25) is 0 Å². The fraction of sp³-hybridized carbons (Fsp3) is 0.167. The van der Waals surface area contributed by atoms with Gasteiger partial charge in [-0.25, -0.2) is 9.78 Å². The van der Waals surface area contributed by atoms with E-state index >= 15 is 0 Å². The largest absolute Gasteiger partial charge is 0.445 e. The number of pyridine rings is 1. The summed E-state index contributed by atoms with van der Waals surface area (Å²) in [6, 6.07) is 12.8. The zero-order chi connectivity index (χ0) is 16.5. The molecule has 116 valence electrons. The Balaban J connectivity index is 1.74. The Morgan fingerprint density at radius 1 is 1.17 bits per heavy atom. The van der Waals surface area contributed by atoms with E-state index in [0.29, 0.717) is 11.3 Å². The van der Waals surface area contributed by atoms with E-state index in [1.165, 1.54) is 13.1 Å². The summed E-state index contributed by atoms with van der Waals surface area (Å²) >= 11 is 0. The van der Waals surface area contributed by atoms with Crippen molar-refractivity contribution in [3.63, 3.8) is 0 Å². The molecule has 1 N–H and O–H groups in total. The van der Waals surface area contributed by atoms with Gasteiger partial charge in [0.05, 0.1) is 6.54 Å². The molecule has 0 spiro atoms. The van der Waals surface area contributed by atoms with Crippen LogP contribution in [0.4, 0.5) is 4.79 Å². The first-order chi connectivity index (χ1) is 11.1. The lowest BCUT2D eigenvalue weighted by Crippen LogP contribution is -2.24. The van der Waals surface area contributed by atoms with Crippen LogP contribution in [0, 0.1) is 11.8 Å². The summed E-state index contributed by atoms with van der Waals surface area (Å²) < 4.78 is 5.05. The molecule has 0 saturated carbocycles. The Morgan fingerprint density at radius 3 is 2.61 bits per heavy atom. The number of hydrogen-bond acceptors (Lipinski definition) is 4. The van der Waals surface area contributed by atoms with Gasteiger partial charge in [-0.3, -0.25) is 4.79 Å². The summed E-state index contributed by atoms with van der Waals surface area (Å²) in [6.07, 6.45) is 0.955. The molecule has 0 aliphatic heterocycles. The summed E-state index contributed by atoms with van der Waals surface area (Å²) in [6.45, 7) is 1.85. The summed E-state index contributed by atoms with van der Waals surface area (Å²) in [7, 11) is 0. The Kier molecular flexibility index (Phi) is 5.89. The van der Waals surface area contributed by atoms with E-state index in [9.17, 15) is 9.59 Å². The maximum Gasteiger partial charge on any atom is 0.408 e. The number of carbonyl (C=O) groups is 2. The second-order valence-corrected chi connectivity index (χ2v) is 4.71. The first-order valence-electron chi connectivity index (χ1n) is 7.05. The normalized spacial score (nSPS) is 9.43. The van der Waals surface area contributed by atoms with Crippen molar-refractivity contribution >= 4 is 11.9 Å². The Bertz CT molecular complexity index is 728. The third-order valence-corrected chi connectivity index (χ3v) is 2.92. The average molecular weight is 308 g/mol. The van der Waals surface area contributed by atoms with Crippen LogP contribution in [0.15, 0.2) is 48.7 Å². The molecule has 1 aromatic carbocycles. The molecule has 0 bridgehead atoms. The number of ketones is 1. The number of hydrogen-bond donors (Lipinski definition) is 1. The summed E-state index contributed by atoms with van der Waals surface area (Å²) in [5.74, 6) is 5.53. The van der Waals surface area contributed by atoms with Gasteiger partial charge in [0, 0.05) is 11.8 Å². The Labute approximate surface area is 134 Å². The fourth-order valence-electron chi connectivity index (χ4n) is 1.70. The number of carbonyl (C=O) groups excluding carboxylic acids is 2. The zero-order valence-electron chi connectivity index (χ0n) is 12.7. The molecular formula is C18H16N2O3. The van der Waals surface area contributed by atoms with Gasteiger partial charge in [-0.05, 0) is 30.5 Å². The number of Topliss-reactive ketones (excluding diaryl/α,β-unsaturated/α-hetero) is 1. The lowest BCUT2D eigenvalue weighted by Gasteiger charge is -2.04. The molecule has 5 heteroatoms. The van der Waals surface area contributed by atoms with Crippen LogP contribution in [-0.2, 0) is 11.3 Å². The van der Waals surface area contributed by atoms with Crippen LogP contribution < -0.4 is 5.32 Å². The van der Waals surface area contributed by atoms with Crippen LogP contribution in [0.25, 0.3) is 0 Å². The maximum absolute atomic E-state index is 11.5. The highest BCUT2D eigenvalue weighted by molar-refractivity contribution is 5.93. The first kappa shape index (κ1) is 16.2. The van der Waals surface area contributed by atoms with E-state index in [-0.39, 0.29) is 18.9 Å². The second kappa shape index (κ2) is 8.35. The van der Waals surface area contributed by atoms with E-state index in [1.54, 1.807) is 12.1 Å². The quantitative estimate of drug-likeness (QED) is 0.696. The number of ether oxygens (including phenoxy) is 1. The molecule has 0 aliphatic rings. The number of aromatic nitrogens is 1. The molecule has 1 amide bonds. The van der Waals surface area contributed by atoms with Crippen LogP contribution >= 0.6 is 0 Å². The highest BCUT2D eigenvalue weighted by Gasteiger charge is 2.00. The Hall–Kier alpha value is -3.13. The lowest BCUT2D eigenvalue weighted by molar-refractivity contribution is 0.101. The fourth-order valence-corrected chi connectivity index (χ4v) is 1.70. The minimum Gasteiger partial charge on any atom is -0.445 e. The maximum atomic E-state index is 11.5. The van der Waals surface area contributed by atoms with Crippen LogP contribution in [0.5, 0.6) is 0 Å². The van der Waals surface area contributed by atoms with Gasteiger partial charge in [0.1, 0.15) is 12.3 Å². The third kappa shape index (κ3) is 5.64. The van der Waals surface area contributed by atoms with Gasteiger partial charge < -0.3 is 10.1 Å². The van der Waals surface area contributed by atoms with Crippen molar-refractivity contribution in [1.29, 1.82) is 0 Å². The van der Waals surface area contributed by atoms with Crippen molar-refractivity contribution in [3.8, 4) is 11.8 Å². The van der Waals surface area contributed by atoms with Crippen LogP contribution in [0.2, 0.25) is 0 Å². The van der Waals surface area contributed by atoms with E-state index in [1.807, 2.05) is 30.3 Å². The average Bonchev–Trinajstić information content (AvgIpc) is 2.58. The summed E-state index contributed by atoms with van der Waals surface area (Å²) in [4.78, 5) is 26.7. The van der Waals surface area contributed by atoms with Gasteiger partial charge in [-0.15, -0.1) is 0 Å². The molecule has 0 saturated heterocycles. The van der Waals surface area contributed by atoms with E-state index < -0.39 is 6.09 Å². The van der Waals surface area contributed by atoms with Crippen molar-refractivity contribution in [1.82, 2.24) is 10.3 Å². The predicted octanol–water partition coefficient (Wildman–Crippen LogP) is 2.56. The molecule has 2 aromatic rings. The van der Waals surface area contributed by atoms with Crippen LogP contribution in [-0.4, -0.2) is 23.4 Å². The summed E-state index contributed by atoms with van der Waals surface area (Å²) in [5, 5.41) is 2.54. The number of rotatable bonds is 4. The molecule has 1 heterocycles. The molecule has 5 nitrogen and oxygen atoms in total. The van der Waals surface area contributed by atoms with E-state index in [4.69, 9.17) is 4.74 Å². The highest BCUT2D eigenvalue weighted by Crippen LogP contribution is 2.01. The molecule has 1 aromatic heterocycles. The molecule has 0 aliphatic carbocycles. The predicted molar refractivity (Wildman–Crippen MR) is 85.7 cm³/mol. The minimum atomic E-state index is -0.525. The van der Waals surface area contributed by atoms with E-state index in [0.717, 1.165) is 5.56 Å². The monoisotopic (exact) mass is 308 g/mol. The van der Waals surface area contributed by atoms with Crippen molar-refractivity contribution in [3.05, 3.63) is 65.5 Å². The molecule has 0 fully saturated rings. The number of nitrogens with one attached hydrogen (secondary N) is 1. The lowest BCUT2D eigenvalue weighted by atomic mass is 10.2. The second-order valence-electron chi connectivity index (χ2n) is 4.71. The summed E-state index contributed by atoms with van der Waals surface area (Å²) in [5.41, 5.74) is 2.00. The molecule has 2 rings (SSSR count). The van der Waals surface area contributed by atoms with Crippen molar-refractivity contribution < 1.29 is 14.3 Å². The molecule has 0 atom stereocenters. The van der Waals surface area contributed by atoms with Crippen molar-refractivity contribution in [2.24, 2.45) is 0 Å². The topological polar surface area (TPSA) is 68.3 Å². The number of nitrogens with zero attached hydrogens (tertiary/aromatic N) is 1. The SMILES string of the molecule is CC(=O)c1ccc(C#CCNC(=O)OCc2ccccc2)nc1. The van der Waals surface area contributed by atoms with Gasteiger partial charge in [-0.1, -0.05) is 36.3 Å². The van der Waals surface area contributed by atoms with Crippen molar-refractivity contribution in [2.75, 3.05) is 6.54 Å². The Morgan fingerprint density at radius 2 is 1.96 bits per heavy atom. The zero-order valence-corrected chi connectivity index (χ0v) is 12.7. The molecule has 0 radical (unpaired) electrons.